The van der Waals surface area contributed by atoms with Crippen LogP contribution < -0.4 is 21.5 Å². The third kappa shape index (κ3) is 3.94. The molecule has 1 aromatic heterocycles. The molecule has 1 amide bonds. The number of thiophene rings is 1. The molecule has 0 fully saturated rings. The highest BCUT2D eigenvalue weighted by Crippen LogP contribution is 2.44. The second-order valence-corrected chi connectivity index (χ2v) is 7.62. The molecule has 0 saturated heterocycles. The number of benzene rings is 1. The highest BCUT2D eigenvalue weighted by atomic mass is 32.1. The first-order valence-corrected chi connectivity index (χ1v) is 9.91. The summed E-state index contributed by atoms with van der Waals surface area (Å²) in [6.07, 6.45) is 3.08. The summed E-state index contributed by atoms with van der Waals surface area (Å²) in [5, 5.41) is 12.0. The van der Waals surface area contributed by atoms with Crippen LogP contribution in [0, 0.1) is 0 Å². The number of nitrogens with one attached hydrogen (secondary N) is 1. The molecule has 1 aliphatic carbocycles. The molecule has 1 aromatic carbocycles. The van der Waals surface area contributed by atoms with Gasteiger partial charge in [0.15, 0.2) is 5.06 Å². The third-order valence-corrected chi connectivity index (χ3v) is 6.01. The van der Waals surface area contributed by atoms with Crippen LogP contribution in [0.4, 0.5) is 0 Å². The van der Waals surface area contributed by atoms with Gasteiger partial charge >= 0.3 is 0 Å². The maximum Gasteiger partial charge on any atom is 0.251 e. The van der Waals surface area contributed by atoms with Crippen molar-refractivity contribution in [3.63, 3.8) is 0 Å². The number of allylic oxidation sites excluding steroid dienone is 1. The zero-order valence-corrected chi connectivity index (χ0v) is 16.8. The number of carbonyl (C=O) groups excluding carboxylic acids is 1. The zero-order chi connectivity index (χ0) is 20.3. The van der Waals surface area contributed by atoms with Crippen molar-refractivity contribution in [3.8, 4) is 10.8 Å². The van der Waals surface area contributed by atoms with Gasteiger partial charge in [0.2, 0.25) is 0 Å². The fourth-order valence-corrected chi connectivity index (χ4v) is 4.55. The Morgan fingerprint density at radius 2 is 2.07 bits per heavy atom. The van der Waals surface area contributed by atoms with E-state index in [-0.39, 0.29) is 19.1 Å². The van der Waals surface area contributed by atoms with Crippen molar-refractivity contribution >= 4 is 40.0 Å². The van der Waals surface area contributed by atoms with Gasteiger partial charge in [-0.1, -0.05) is 30.1 Å². The SMILES string of the molecule is C=C(N)c1sc(Oc2ccc(C(=O)NCCO)cc2)c2c1CCC(=CN)C2=S. The minimum Gasteiger partial charge on any atom is -0.446 e. The average molecular weight is 416 g/mol. The molecule has 0 unspecified atom stereocenters. The summed E-state index contributed by atoms with van der Waals surface area (Å²) in [5.41, 5.74) is 15.4. The molecule has 28 heavy (non-hydrogen) atoms. The Morgan fingerprint density at radius 3 is 2.68 bits per heavy atom. The van der Waals surface area contributed by atoms with Gasteiger partial charge in [-0.15, -0.1) is 0 Å². The number of hydrogen-bond donors (Lipinski definition) is 4. The van der Waals surface area contributed by atoms with Crippen molar-refractivity contribution < 1.29 is 14.6 Å². The lowest BCUT2D eigenvalue weighted by molar-refractivity contribution is 0.0945. The fourth-order valence-electron chi connectivity index (χ4n) is 2.99. The van der Waals surface area contributed by atoms with Gasteiger partial charge < -0.3 is 26.6 Å². The summed E-state index contributed by atoms with van der Waals surface area (Å²) in [6.45, 7) is 3.96. The first kappa shape index (κ1) is 20.1. The number of aliphatic hydroxyl groups is 1. The Balaban J connectivity index is 1.90. The quantitative estimate of drug-likeness (QED) is 0.426. The summed E-state index contributed by atoms with van der Waals surface area (Å²) in [4.78, 5) is 13.5. The topological polar surface area (TPSA) is 111 Å². The largest absolute Gasteiger partial charge is 0.446 e. The molecule has 0 aliphatic heterocycles. The van der Waals surface area contributed by atoms with Gasteiger partial charge in [0, 0.05) is 17.8 Å². The van der Waals surface area contributed by atoms with Gasteiger partial charge in [-0.2, -0.15) is 0 Å². The Morgan fingerprint density at radius 1 is 1.36 bits per heavy atom. The fraction of sp³-hybridized carbons (Fsp3) is 0.200. The molecule has 3 rings (SSSR count). The second-order valence-electron chi connectivity index (χ2n) is 6.22. The lowest BCUT2D eigenvalue weighted by Gasteiger charge is -2.18. The molecular formula is C20H21N3O3S2. The number of ether oxygens (including phenoxy) is 1. The van der Waals surface area contributed by atoms with E-state index in [2.05, 4.69) is 11.9 Å². The number of aliphatic hydroxyl groups excluding tert-OH is 1. The van der Waals surface area contributed by atoms with Crippen LogP contribution in [-0.2, 0) is 6.42 Å². The van der Waals surface area contributed by atoms with Crippen molar-refractivity contribution in [2.75, 3.05) is 13.2 Å². The zero-order valence-electron chi connectivity index (χ0n) is 15.2. The van der Waals surface area contributed by atoms with Gasteiger partial charge in [0.25, 0.3) is 5.91 Å². The molecule has 2 aromatic rings. The van der Waals surface area contributed by atoms with Crippen molar-refractivity contribution in [3.05, 3.63) is 64.2 Å². The van der Waals surface area contributed by atoms with Crippen molar-refractivity contribution in [2.45, 2.75) is 12.8 Å². The van der Waals surface area contributed by atoms with E-state index in [4.69, 9.17) is 33.5 Å². The van der Waals surface area contributed by atoms with E-state index in [1.54, 1.807) is 30.5 Å². The maximum atomic E-state index is 11.9. The summed E-state index contributed by atoms with van der Waals surface area (Å²) in [7, 11) is 0. The molecule has 0 spiro atoms. The van der Waals surface area contributed by atoms with Gasteiger partial charge in [-0.3, -0.25) is 4.79 Å². The van der Waals surface area contributed by atoms with Crippen LogP contribution in [0.3, 0.4) is 0 Å². The minimum absolute atomic E-state index is 0.107. The Hall–Kier alpha value is -2.68. The van der Waals surface area contributed by atoms with E-state index in [9.17, 15) is 4.79 Å². The minimum atomic E-state index is -0.255. The predicted octanol–water partition coefficient (Wildman–Crippen LogP) is 2.70. The molecule has 6 N–H and O–H groups in total. The van der Waals surface area contributed by atoms with Gasteiger partial charge in [0.05, 0.1) is 21.9 Å². The van der Waals surface area contributed by atoms with Crippen molar-refractivity contribution in [2.24, 2.45) is 11.5 Å². The van der Waals surface area contributed by atoms with E-state index in [0.29, 0.717) is 26.9 Å². The van der Waals surface area contributed by atoms with Crippen LogP contribution in [-0.4, -0.2) is 29.0 Å². The van der Waals surface area contributed by atoms with Crippen LogP contribution >= 0.6 is 23.6 Å². The molecule has 0 bridgehead atoms. The average Bonchev–Trinajstić information content (AvgIpc) is 3.06. The standard InChI is InChI=1S/C20H21N3O3S2/c1-11(22)18-15-7-4-13(10-21)17(27)16(15)20(28-18)26-14-5-2-12(3-6-14)19(25)23-8-9-24/h2-3,5-6,10,24H,1,4,7-9,21-22H2,(H,23,25). The number of rotatable bonds is 6. The Kier molecular flexibility index (Phi) is 6.13. The summed E-state index contributed by atoms with van der Waals surface area (Å²) in [6, 6.07) is 6.74. The number of fused-ring (bicyclic) bond motifs is 1. The number of thiocarbonyl (C=S) groups is 1. The van der Waals surface area contributed by atoms with Gasteiger partial charge in [0.1, 0.15) is 5.75 Å². The molecule has 0 radical (unpaired) electrons. The molecule has 8 heteroatoms. The number of nitrogens with two attached hydrogens (primary N) is 2. The maximum absolute atomic E-state index is 11.9. The Labute approximate surface area is 172 Å². The van der Waals surface area contributed by atoms with E-state index in [1.165, 1.54) is 11.3 Å². The summed E-state index contributed by atoms with van der Waals surface area (Å²) >= 11 is 7.02. The number of amides is 1. The van der Waals surface area contributed by atoms with E-state index in [1.807, 2.05) is 0 Å². The van der Waals surface area contributed by atoms with Crippen LogP contribution in [0.25, 0.3) is 5.70 Å². The molecule has 1 heterocycles. The third-order valence-electron chi connectivity index (χ3n) is 4.36. The molecule has 0 saturated carbocycles. The summed E-state index contributed by atoms with van der Waals surface area (Å²) < 4.78 is 6.08. The lowest BCUT2D eigenvalue weighted by Crippen LogP contribution is -2.26. The Bertz CT molecular complexity index is 962. The van der Waals surface area contributed by atoms with E-state index < -0.39 is 0 Å². The van der Waals surface area contributed by atoms with E-state index >= 15 is 0 Å². The highest BCUT2D eigenvalue weighted by molar-refractivity contribution is 7.81. The number of hydrogen-bond acceptors (Lipinski definition) is 7. The molecular weight excluding hydrogens is 394 g/mol. The monoisotopic (exact) mass is 415 g/mol. The first-order chi connectivity index (χ1) is 13.5. The second kappa shape index (κ2) is 8.55. The normalized spacial score (nSPS) is 14.6. The van der Waals surface area contributed by atoms with Crippen molar-refractivity contribution in [1.82, 2.24) is 5.32 Å². The van der Waals surface area contributed by atoms with Gasteiger partial charge in [-0.25, -0.2) is 0 Å². The van der Waals surface area contributed by atoms with Gasteiger partial charge in [-0.05, 0) is 54.4 Å². The molecule has 6 nitrogen and oxygen atoms in total. The number of carbonyl (C=O) groups is 1. The molecule has 0 atom stereocenters. The van der Waals surface area contributed by atoms with Crippen LogP contribution in [0.1, 0.15) is 32.8 Å². The van der Waals surface area contributed by atoms with Crippen LogP contribution in [0.5, 0.6) is 10.8 Å². The summed E-state index contributed by atoms with van der Waals surface area (Å²) in [5.74, 6) is 0.318. The highest BCUT2D eigenvalue weighted by Gasteiger charge is 2.29. The molecule has 1 aliphatic rings. The smallest absolute Gasteiger partial charge is 0.251 e. The first-order valence-electron chi connectivity index (χ1n) is 8.69. The van der Waals surface area contributed by atoms with Crippen LogP contribution in [0.15, 0.2) is 42.6 Å². The molecule has 146 valence electrons. The predicted molar refractivity (Wildman–Crippen MR) is 116 cm³/mol. The van der Waals surface area contributed by atoms with Crippen LogP contribution in [0.2, 0.25) is 0 Å². The van der Waals surface area contributed by atoms with E-state index in [0.717, 1.165) is 34.4 Å². The lowest BCUT2D eigenvalue weighted by atomic mass is 9.89. The van der Waals surface area contributed by atoms with Crippen molar-refractivity contribution in [1.29, 1.82) is 0 Å².